The van der Waals surface area contributed by atoms with Gasteiger partial charge >= 0.3 is 12.1 Å². The SMILES string of the molecule is COC(=O)[C@H](Cc1ccccc1)NC(=O)[C@H](C)NC(=O)[C@@H](NC(=O)C(C)(C)NC(=O)[C@H](CC(C)C)NC(=O)[C@H](C)NC(=O)[C@@H](NC(=O)OC(C)(C)C)C(C)C)C(C)C. The highest BCUT2D eigenvalue weighted by Crippen LogP contribution is 2.13. The van der Waals surface area contributed by atoms with E-state index in [1.165, 1.54) is 34.8 Å². The summed E-state index contributed by atoms with van der Waals surface area (Å²) in [7, 11) is 1.21. The minimum Gasteiger partial charge on any atom is -0.467 e. The van der Waals surface area contributed by atoms with E-state index in [1.807, 2.05) is 19.9 Å². The van der Waals surface area contributed by atoms with Crippen molar-refractivity contribution in [3.8, 4) is 0 Å². The molecular weight excluding hydrogens is 750 g/mol. The average Bonchev–Trinajstić information content (AvgIpc) is 3.10. The molecule has 0 spiro atoms. The first kappa shape index (κ1) is 50.8. The van der Waals surface area contributed by atoms with Crippen LogP contribution in [0.2, 0.25) is 0 Å². The molecule has 0 heterocycles. The molecule has 7 N–H and O–H groups in total. The molecule has 0 aliphatic heterocycles. The van der Waals surface area contributed by atoms with Gasteiger partial charge in [-0.15, -0.1) is 0 Å². The zero-order valence-corrected chi connectivity index (χ0v) is 36.6. The fourth-order valence-electron chi connectivity index (χ4n) is 5.50. The molecule has 0 saturated heterocycles. The van der Waals surface area contributed by atoms with Gasteiger partial charge < -0.3 is 46.7 Å². The predicted molar refractivity (Wildman–Crippen MR) is 218 cm³/mol. The first-order valence-corrected chi connectivity index (χ1v) is 19.6. The lowest BCUT2D eigenvalue weighted by Crippen LogP contribution is -2.63. The minimum absolute atomic E-state index is 0.0734. The maximum Gasteiger partial charge on any atom is 0.408 e. The second-order valence-corrected chi connectivity index (χ2v) is 17.1. The zero-order valence-electron chi connectivity index (χ0n) is 36.6. The van der Waals surface area contributed by atoms with E-state index in [0.29, 0.717) is 0 Å². The number of carbonyl (C=O) groups excluding carboxylic acids is 8. The molecule has 17 nitrogen and oxygen atoms in total. The lowest BCUT2D eigenvalue weighted by Gasteiger charge is -2.32. The zero-order chi connectivity index (χ0) is 44.7. The molecule has 7 amide bonds. The van der Waals surface area contributed by atoms with Crippen molar-refractivity contribution in [1.82, 2.24) is 37.2 Å². The van der Waals surface area contributed by atoms with Crippen LogP contribution in [0, 0.1) is 17.8 Å². The number of hydrogen-bond acceptors (Lipinski definition) is 10. The third-order valence-corrected chi connectivity index (χ3v) is 8.79. The van der Waals surface area contributed by atoms with Crippen molar-refractivity contribution >= 4 is 47.5 Å². The van der Waals surface area contributed by atoms with Crippen LogP contribution in [0.4, 0.5) is 4.79 Å². The number of amides is 7. The molecule has 17 heteroatoms. The van der Waals surface area contributed by atoms with E-state index in [1.54, 1.807) is 72.7 Å². The molecule has 1 aromatic rings. The average molecular weight is 818 g/mol. The number of rotatable bonds is 20. The molecule has 1 aromatic carbocycles. The second kappa shape index (κ2) is 22.6. The fourth-order valence-corrected chi connectivity index (χ4v) is 5.50. The van der Waals surface area contributed by atoms with Gasteiger partial charge in [0.25, 0.3) is 0 Å². The number of ether oxygens (including phenoxy) is 2. The number of carbonyl (C=O) groups is 8. The highest BCUT2D eigenvalue weighted by molar-refractivity contribution is 5.98. The van der Waals surface area contributed by atoms with Gasteiger partial charge in [-0.3, -0.25) is 28.8 Å². The summed E-state index contributed by atoms with van der Waals surface area (Å²) >= 11 is 0. The Labute approximate surface area is 343 Å². The van der Waals surface area contributed by atoms with Crippen LogP contribution in [0.25, 0.3) is 0 Å². The third kappa shape index (κ3) is 17.5. The lowest BCUT2D eigenvalue weighted by atomic mass is 9.97. The van der Waals surface area contributed by atoms with Gasteiger partial charge in [-0.2, -0.15) is 0 Å². The Hall–Kier alpha value is -5.22. The molecule has 58 heavy (non-hydrogen) atoms. The quantitative estimate of drug-likeness (QED) is 0.0945. The summed E-state index contributed by atoms with van der Waals surface area (Å²) in [5.41, 5.74) is -1.59. The van der Waals surface area contributed by atoms with Gasteiger partial charge in [0.1, 0.15) is 47.4 Å². The Balaban J connectivity index is 3.00. The van der Waals surface area contributed by atoms with E-state index in [9.17, 15) is 38.4 Å². The van der Waals surface area contributed by atoms with Crippen molar-refractivity contribution in [2.75, 3.05) is 7.11 Å². The highest BCUT2D eigenvalue weighted by atomic mass is 16.6. The Morgan fingerprint density at radius 2 is 1.05 bits per heavy atom. The first-order valence-electron chi connectivity index (χ1n) is 19.6. The van der Waals surface area contributed by atoms with Gasteiger partial charge in [0.05, 0.1) is 7.11 Å². The van der Waals surface area contributed by atoms with Crippen molar-refractivity contribution in [1.29, 1.82) is 0 Å². The van der Waals surface area contributed by atoms with Crippen molar-refractivity contribution in [3.05, 3.63) is 35.9 Å². The molecule has 6 atom stereocenters. The van der Waals surface area contributed by atoms with Crippen molar-refractivity contribution in [2.45, 2.75) is 150 Å². The maximum atomic E-state index is 13.6. The van der Waals surface area contributed by atoms with Crippen LogP contribution in [-0.4, -0.2) is 102 Å². The first-order chi connectivity index (χ1) is 26.7. The molecule has 0 aliphatic carbocycles. The van der Waals surface area contributed by atoms with Crippen LogP contribution < -0.4 is 37.2 Å². The van der Waals surface area contributed by atoms with Gasteiger partial charge in [-0.25, -0.2) is 9.59 Å². The molecule has 0 bridgehead atoms. The Morgan fingerprint density at radius 1 is 0.586 bits per heavy atom. The summed E-state index contributed by atoms with van der Waals surface area (Å²) in [6.45, 7) is 21.3. The molecule has 1 rings (SSSR count). The van der Waals surface area contributed by atoms with E-state index < -0.39 is 101 Å². The molecule has 326 valence electrons. The van der Waals surface area contributed by atoms with E-state index in [-0.39, 0.29) is 24.7 Å². The maximum absolute atomic E-state index is 13.6. The van der Waals surface area contributed by atoms with E-state index in [2.05, 4.69) is 37.2 Å². The van der Waals surface area contributed by atoms with Crippen molar-refractivity contribution < 1.29 is 47.8 Å². The number of nitrogens with one attached hydrogen (secondary N) is 7. The largest absolute Gasteiger partial charge is 0.467 e. The van der Waals surface area contributed by atoms with E-state index in [4.69, 9.17) is 9.47 Å². The highest BCUT2D eigenvalue weighted by Gasteiger charge is 2.38. The Morgan fingerprint density at radius 3 is 1.48 bits per heavy atom. The molecule has 0 saturated carbocycles. The summed E-state index contributed by atoms with van der Waals surface area (Å²) < 4.78 is 10.1. The van der Waals surface area contributed by atoms with E-state index >= 15 is 0 Å². The smallest absolute Gasteiger partial charge is 0.408 e. The van der Waals surface area contributed by atoms with Gasteiger partial charge in [0.2, 0.25) is 35.4 Å². The monoisotopic (exact) mass is 817 g/mol. The van der Waals surface area contributed by atoms with Gasteiger partial charge in [-0.05, 0) is 78.2 Å². The van der Waals surface area contributed by atoms with E-state index in [0.717, 1.165) is 5.56 Å². The van der Waals surface area contributed by atoms with Crippen molar-refractivity contribution in [3.63, 3.8) is 0 Å². The number of hydrogen-bond donors (Lipinski definition) is 7. The van der Waals surface area contributed by atoms with Gasteiger partial charge in [0.15, 0.2) is 0 Å². The minimum atomic E-state index is -1.59. The molecule has 0 aliphatic rings. The molecule has 0 unspecified atom stereocenters. The fraction of sp³-hybridized carbons (Fsp3) is 0.659. The standard InChI is InChI=1S/C41H67N7O10/c1-22(2)20-28(44-32(49)25(7)43-36(53)31(24(5)6)47-39(56)58-40(9,10)11)34(51)48-41(12,13)38(55)46-30(23(3)4)35(52)42-26(8)33(50)45-29(37(54)57-14)21-27-18-16-15-17-19-27/h15-19,22-26,28-31H,20-21H2,1-14H3,(H,42,52)(H,43,53)(H,44,49)(H,45,50)(H,46,55)(H,47,56)(H,48,51)/t25-,26-,28-,29-,30-,31-/m0/s1. The van der Waals surface area contributed by atoms with Crippen molar-refractivity contribution in [2.24, 2.45) is 17.8 Å². The van der Waals surface area contributed by atoms with Gasteiger partial charge in [0, 0.05) is 6.42 Å². The topological polar surface area (TPSA) is 239 Å². The number of methoxy groups -OCH3 is 1. The summed E-state index contributed by atoms with van der Waals surface area (Å²) in [6, 6.07) is 2.53. The molecule has 0 radical (unpaired) electrons. The Bertz CT molecular complexity index is 1590. The summed E-state index contributed by atoms with van der Waals surface area (Å²) in [5, 5.41) is 18.3. The molecule has 0 fully saturated rings. The lowest BCUT2D eigenvalue weighted by molar-refractivity contribution is -0.145. The number of esters is 1. The third-order valence-electron chi connectivity index (χ3n) is 8.79. The van der Waals surface area contributed by atoms with Crippen LogP contribution in [0.5, 0.6) is 0 Å². The van der Waals surface area contributed by atoms with Crippen LogP contribution in [0.3, 0.4) is 0 Å². The molecular formula is C41H67N7O10. The summed E-state index contributed by atoms with van der Waals surface area (Å²) in [5.74, 6) is -5.56. The summed E-state index contributed by atoms with van der Waals surface area (Å²) in [4.78, 5) is 105. The number of benzene rings is 1. The van der Waals surface area contributed by atoms with Crippen LogP contribution in [0.15, 0.2) is 30.3 Å². The Kier molecular flexibility index (Phi) is 19.8. The van der Waals surface area contributed by atoms with Crippen LogP contribution in [0.1, 0.15) is 102 Å². The normalized spacial score (nSPS) is 14.8. The number of alkyl carbamates (subject to hydrolysis) is 1. The van der Waals surface area contributed by atoms with Crippen LogP contribution >= 0.6 is 0 Å². The summed E-state index contributed by atoms with van der Waals surface area (Å²) in [6.07, 6.45) is -0.443. The van der Waals surface area contributed by atoms with Crippen LogP contribution in [-0.2, 0) is 49.5 Å². The second-order valence-electron chi connectivity index (χ2n) is 17.1. The van der Waals surface area contributed by atoms with Gasteiger partial charge in [-0.1, -0.05) is 71.9 Å². The predicted octanol–water partition coefficient (Wildman–Crippen LogP) is 2.01. The molecule has 0 aromatic heterocycles.